The van der Waals surface area contributed by atoms with Crippen LogP contribution in [0, 0.1) is 0 Å². The summed E-state index contributed by atoms with van der Waals surface area (Å²) in [6.07, 6.45) is 2.39. The van der Waals surface area contributed by atoms with Crippen molar-refractivity contribution in [3.8, 4) is 0 Å². The normalized spacial score (nSPS) is 29.3. The lowest BCUT2D eigenvalue weighted by molar-refractivity contribution is -0.118. The van der Waals surface area contributed by atoms with Crippen LogP contribution in [0.5, 0.6) is 0 Å². The fourth-order valence-corrected chi connectivity index (χ4v) is 3.61. The van der Waals surface area contributed by atoms with Crippen LogP contribution in [0.4, 0.5) is 0 Å². The molecule has 2 fully saturated rings. The summed E-state index contributed by atoms with van der Waals surface area (Å²) < 4.78 is 5.64. The molecule has 18 heavy (non-hydrogen) atoms. The van der Waals surface area contributed by atoms with Crippen LogP contribution >= 0.6 is 0 Å². The first-order valence-electron chi connectivity index (χ1n) is 7.32. The van der Waals surface area contributed by atoms with Gasteiger partial charge in [-0.05, 0) is 46.3 Å². The number of ether oxygens (including phenoxy) is 1. The number of nitrogens with zero attached hydrogens (tertiary/aromatic N) is 2. The number of hydrogen-bond donors (Lipinski definition) is 1. The van der Waals surface area contributed by atoms with E-state index in [4.69, 9.17) is 10.5 Å². The molecule has 0 aromatic rings. The van der Waals surface area contributed by atoms with Gasteiger partial charge in [-0.25, -0.2) is 0 Å². The second-order valence-electron chi connectivity index (χ2n) is 6.38. The fraction of sp³-hybridized carbons (Fsp3) is 1.00. The highest BCUT2D eigenvalue weighted by molar-refractivity contribution is 5.02. The van der Waals surface area contributed by atoms with E-state index in [1.807, 2.05) is 0 Å². The summed E-state index contributed by atoms with van der Waals surface area (Å²) in [6, 6.07) is 0. The van der Waals surface area contributed by atoms with Crippen LogP contribution in [-0.4, -0.2) is 66.8 Å². The van der Waals surface area contributed by atoms with Crippen LogP contribution in [-0.2, 0) is 4.74 Å². The number of piperidine rings is 1. The molecule has 0 aromatic carbocycles. The van der Waals surface area contributed by atoms with E-state index in [9.17, 15) is 0 Å². The van der Waals surface area contributed by atoms with Crippen molar-refractivity contribution in [2.45, 2.75) is 44.7 Å². The third-order valence-corrected chi connectivity index (χ3v) is 4.83. The number of rotatable bonds is 3. The average Bonchev–Trinajstić information content (AvgIpc) is 2.38. The molecule has 0 amide bonds. The van der Waals surface area contributed by atoms with Crippen LogP contribution < -0.4 is 5.73 Å². The molecule has 4 nitrogen and oxygen atoms in total. The van der Waals surface area contributed by atoms with Gasteiger partial charge in [0, 0.05) is 24.2 Å². The van der Waals surface area contributed by atoms with E-state index in [0.717, 1.165) is 32.8 Å². The molecule has 0 atom stereocenters. The zero-order chi connectivity index (χ0) is 13.2. The van der Waals surface area contributed by atoms with Gasteiger partial charge < -0.3 is 15.4 Å². The van der Waals surface area contributed by atoms with E-state index in [2.05, 4.69) is 30.6 Å². The maximum absolute atomic E-state index is 6.18. The summed E-state index contributed by atoms with van der Waals surface area (Å²) in [7, 11) is 0. The topological polar surface area (TPSA) is 41.7 Å². The molecule has 0 aromatic heterocycles. The first-order valence-corrected chi connectivity index (χ1v) is 7.32. The van der Waals surface area contributed by atoms with Crippen LogP contribution in [0.15, 0.2) is 0 Å². The molecule has 2 aliphatic heterocycles. The average molecular weight is 255 g/mol. The molecule has 2 saturated heterocycles. The molecule has 0 bridgehead atoms. The Morgan fingerprint density at radius 2 is 1.83 bits per heavy atom. The summed E-state index contributed by atoms with van der Waals surface area (Å²) in [5, 5.41) is 0. The van der Waals surface area contributed by atoms with Crippen molar-refractivity contribution in [1.29, 1.82) is 0 Å². The van der Waals surface area contributed by atoms with Crippen LogP contribution in [0.3, 0.4) is 0 Å². The van der Waals surface area contributed by atoms with Gasteiger partial charge >= 0.3 is 0 Å². The molecule has 2 rings (SSSR count). The predicted octanol–water partition coefficient (Wildman–Crippen LogP) is 0.910. The zero-order valence-corrected chi connectivity index (χ0v) is 12.2. The second kappa shape index (κ2) is 5.45. The Balaban J connectivity index is 2.12. The number of hydrogen-bond acceptors (Lipinski definition) is 4. The summed E-state index contributed by atoms with van der Waals surface area (Å²) in [5.74, 6) is 0. The third kappa shape index (κ3) is 2.57. The van der Waals surface area contributed by atoms with Crippen LogP contribution in [0.1, 0.15) is 33.6 Å². The van der Waals surface area contributed by atoms with E-state index in [1.165, 1.54) is 25.9 Å². The van der Waals surface area contributed by atoms with Crippen molar-refractivity contribution in [2.24, 2.45) is 5.73 Å². The predicted molar refractivity (Wildman–Crippen MR) is 74.7 cm³/mol. The smallest absolute Gasteiger partial charge is 0.0645 e. The van der Waals surface area contributed by atoms with Crippen molar-refractivity contribution in [2.75, 3.05) is 45.9 Å². The lowest BCUT2D eigenvalue weighted by Crippen LogP contribution is -2.68. The fourth-order valence-electron chi connectivity index (χ4n) is 3.61. The van der Waals surface area contributed by atoms with Crippen LogP contribution in [0.25, 0.3) is 0 Å². The summed E-state index contributed by atoms with van der Waals surface area (Å²) in [6.45, 7) is 13.8. The van der Waals surface area contributed by atoms with E-state index < -0.39 is 0 Å². The molecule has 106 valence electrons. The highest BCUT2D eigenvalue weighted by Gasteiger charge is 2.46. The van der Waals surface area contributed by atoms with Crippen molar-refractivity contribution in [3.63, 3.8) is 0 Å². The number of likely N-dealkylation sites (tertiary alicyclic amines) is 1. The zero-order valence-electron chi connectivity index (χ0n) is 12.2. The van der Waals surface area contributed by atoms with Gasteiger partial charge in [0.05, 0.1) is 13.2 Å². The Kier molecular flexibility index (Phi) is 4.32. The molecule has 0 spiro atoms. The molecule has 2 aliphatic rings. The highest BCUT2D eigenvalue weighted by Crippen LogP contribution is 2.35. The van der Waals surface area contributed by atoms with Crippen molar-refractivity contribution >= 4 is 0 Å². The second-order valence-corrected chi connectivity index (χ2v) is 6.38. The highest BCUT2D eigenvalue weighted by atomic mass is 16.5. The lowest BCUT2D eigenvalue weighted by Gasteiger charge is -2.56. The summed E-state index contributed by atoms with van der Waals surface area (Å²) in [4.78, 5) is 5.16. The number of morpholine rings is 1. The van der Waals surface area contributed by atoms with Gasteiger partial charge in [0.2, 0.25) is 0 Å². The maximum Gasteiger partial charge on any atom is 0.0645 e. The Morgan fingerprint density at radius 1 is 1.17 bits per heavy atom. The van der Waals surface area contributed by atoms with Gasteiger partial charge in [-0.1, -0.05) is 6.92 Å². The van der Waals surface area contributed by atoms with E-state index >= 15 is 0 Å². The van der Waals surface area contributed by atoms with Crippen molar-refractivity contribution in [1.82, 2.24) is 9.80 Å². The van der Waals surface area contributed by atoms with Gasteiger partial charge in [0.15, 0.2) is 0 Å². The van der Waals surface area contributed by atoms with Crippen LogP contribution in [0.2, 0.25) is 0 Å². The minimum absolute atomic E-state index is 0.117. The van der Waals surface area contributed by atoms with E-state index in [-0.39, 0.29) is 11.1 Å². The Hall–Kier alpha value is -0.160. The SMILES string of the molecule is CCN1CCC(CN)(N2CCOCC2(C)C)CC1. The third-order valence-electron chi connectivity index (χ3n) is 4.83. The lowest BCUT2D eigenvalue weighted by atomic mass is 9.81. The quantitative estimate of drug-likeness (QED) is 0.814. The number of nitrogens with two attached hydrogens (primary N) is 1. The molecule has 2 heterocycles. The van der Waals surface area contributed by atoms with Gasteiger partial charge in [0.25, 0.3) is 0 Å². The largest absolute Gasteiger partial charge is 0.378 e. The first kappa shape index (κ1) is 14.3. The Morgan fingerprint density at radius 3 is 2.33 bits per heavy atom. The standard InChI is InChI=1S/C14H29N3O/c1-4-16-7-5-14(11-15,6-8-16)17-9-10-18-12-13(17,2)3/h4-12,15H2,1-3H3. The van der Waals surface area contributed by atoms with Gasteiger partial charge in [-0.2, -0.15) is 0 Å². The van der Waals surface area contributed by atoms with Gasteiger partial charge in [-0.3, -0.25) is 4.90 Å². The monoisotopic (exact) mass is 255 g/mol. The molecule has 0 radical (unpaired) electrons. The summed E-state index contributed by atoms with van der Waals surface area (Å²) >= 11 is 0. The Labute approximate surface area is 111 Å². The van der Waals surface area contributed by atoms with Gasteiger partial charge in [0.1, 0.15) is 0 Å². The Bertz CT molecular complexity index is 272. The van der Waals surface area contributed by atoms with E-state index in [0.29, 0.717) is 0 Å². The molecule has 4 heteroatoms. The maximum atomic E-state index is 6.18. The molecule has 0 aliphatic carbocycles. The molecular formula is C14H29N3O. The minimum Gasteiger partial charge on any atom is -0.378 e. The molecule has 0 unspecified atom stereocenters. The van der Waals surface area contributed by atoms with Crippen molar-refractivity contribution < 1.29 is 4.74 Å². The molecular weight excluding hydrogens is 226 g/mol. The first-order chi connectivity index (χ1) is 8.54. The summed E-state index contributed by atoms with van der Waals surface area (Å²) in [5.41, 5.74) is 6.49. The molecule has 2 N–H and O–H groups in total. The minimum atomic E-state index is 0.117. The van der Waals surface area contributed by atoms with Crippen molar-refractivity contribution in [3.05, 3.63) is 0 Å². The van der Waals surface area contributed by atoms with E-state index in [1.54, 1.807) is 0 Å². The van der Waals surface area contributed by atoms with Gasteiger partial charge in [-0.15, -0.1) is 0 Å². The molecule has 0 saturated carbocycles.